The first kappa shape index (κ1) is 14.4. The Hall–Kier alpha value is -0.970. The quantitative estimate of drug-likeness (QED) is 0.776. The average Bonchev–Trinajstić information content (AvgIpc) is 2.39. The van der Waals surface area contributed by atoms with Crippen molar-refractivity contribution in [2.75, 3.05) is 0 Å². The third kappa shape index (κ3) is 2.66. The Morgan fingerprint density at radius 2 is 1.74 bits per heavy atom. The van der Waals surface area contributed by atoms with Crippen LogP contribution in [0.1, 0.15) is 22.8 Å². The van der Waals surface area contributed by atoms with Gasteiger partial charge in [0.05, 0.1) is 5.02 Å². The highest BCUT2D eigenvalue weighted by Gasteiger charge is 2.21. The zero-order chi connectivity index (χ0) is 14.2. The monoisotopic (exact) mass is 346 g/mol. The maximum absolute atomic E-state index is 14.0. The fourth-order valence-corrected chi connectivity index (χ4v) is 2.28. The second kappa shape index (κ2) is 5.57. The lowest BCUT2D eigenvalue weighted by Gasteiger charge is -2.15. The molecule has 19 heavy (non-hydrogen) atoms. The Bertz CT molecular complexity index is 631. The first-order valence-corrected chi connectivity index (χ1v) is 6.67. The molecule has 0 aliphatic heterocycles. The Kier molecular flexibility index (Phi) is 4.23. The summed E-state index contributed by atoms with van der Waals surface area (Å²) in [4.78, 5) is 0. The Labute approximate surface area is 123 Å². The summed E-state index contributed by atoms with van der Waals surface area (Å²) in [6, 6.07) is 7.49. The highest BCUT2D eigenvalue weighted by atomic mass is 79.9. The van der Waals surface area contributed by atoms with Crippen LogP contribution in [0.4, 0.5) is 8.78 Å². The Balaban J connectivity index is 2.53. The van der Waals surface area contributed by atoms with Crippen LogP contribution in [-0.2, 0) is 0 Å². The fraction of sp³-hybridized carbons (Fsp3) is 0.143. The molecule has 1 atom stereocenters. The summed E-state index contributed by atoms with van der Waals surface area (Å²) in [7, 11) is 0. The van der Waals surface area contributed by atoms with E-state index in [0.717, 1.165) is 0 Å². The minimum absolute atomic E-state index is 0.0253. The van der Waals surface area contributed by atoms with Crippen LogP contribution in [0, 0.1) is 18.6 Å². The fourth-order valence-electron chi connectivity index (χ4n) is 1.80. The van der Waals surface area contributed by atoms with E-state index in [-0.39, 0.29) is 16.1 Å². The lowest BCUT2D eigenvalue weighted by Crippen LogP contribution is -2.06. The SMILES string of the molecule is Cc1cccc(C(O)c2ccc(Br)c(Cl)c2F)c1F. The van der Waals surface area contributed by atoms with Crippen LogP contribution in [0.5, 0.6) is 0 Å². The molecule has 0 spiro atoms. The van der Waals surface area contributed by atoms with Gasteiger partial charge in [0.25, 0.3) is 0 Å². The minimum Gasteiger partial charge on any atom is -0.383 e. The second-order valence-corrected chi connectivity index (χ2v) is 5.38. The average molecular weight is 348 g/mol. The molecule has 2 aromatic rings. The molecule has 1 unspecified atom stereocenters. The molecule has 0 bridgehead atoms. The van der Waals surface area contributed by atoms with Gasteiger partial charge in [-0.1, -0.05) is 35.9 Å². The van der Waals surface area contributed by atoms with Crippen LogP contribution in [0.2, 0.25) is 5.02 Å². The van der Waals surface area contributed by atoms with Crippen molar-refractivity contribution in [1.82, 2.24) is 0 Å². The summed E-state index contributed by atoms with van der Waals surface area (Å²) >= 11 is 8.84. The van der Waals surface area contributed by atoms with Crippen molar-refractivity contribution in [2.24, 2.45) is 0 Å². The van der Waals surface area contributed by atoms with Gasteiger partial charge in [0.2, 0.25) is 0 Å². The smallest absolute Gasteiger partial charge is 0.149 e. The van der Waals surface area contributed by atoms with E-state index in [4.69, 9.17) is 11.6 Å². The molecule has 0 aliphatic carbocycles. The van der Waals surface area contributed by atoms with Gasteiger partial charge in [-0.2, -0.15) is 0 Å². The zero-order valence-corrected chi connectivity index (χ0v) is 12.3. The maximum atomic E-state index is 14.0. The van der Waals surface area contributed by atoms with Crippen molar-refractivity contribution in [2.45, 2.75) is 13.0 Å². The van der Waals surface area contributed by atoms with E-state index in [2.05, 4.69) is 15.9 Å². The highest BCUT2D eigenvalue weighted by Crippen LogP contribution is 2.33. The molecule has 5 heteroatoms. The molecule has 2 aromatic carbocycles. The van der Waals surface area contributed by atoms with Crippen molar-refractivity contribution in [3.63, 3.8) is 0 Å². The normalized spacial score (nSPS) is 12.5. The Morgan fingerprint density at radius 1 is 1.11 bits per heavy atom. The van der Waals surface area contributed by atoms with Crippen LogP contribution in [-0.4, -0.2) is 5.11 Å². The number of aliphatic hydroxyl groups excluding tert-OH is 1. The van der Waals surface area contributed by atoms with E-state index >= 15 is 0 Å². The molecule has 0 amide bonds. The highest BCUT2D eigenvalue weighted by molar-refractivity contribution is 9.10. The van der Waals surface area contributed by atoms with Crippen molar-refractivity contribution in [3.05, 3.63) is 68.2 Å². The Morgan fingerprint density at radius 3 is 2.42 bits per heavy atom. The number of benzene rings is 2. The molecule has 0 aliphatic rings. The van der Waals surface area contributed by atoms with Gasteiger partial charge in [-0.15, -0.1) is 0 Å². The molecule has 0 saturated carbocycles. The number of hydrogen-bond donors (Lipinski definition) is 1. The van der Waals surface area contributed by atoms with E-state index in [0.29, 0.717) is 10.0 Å². The van der Waals surface area contributed by atoms with Gasteiger partial charge < -0.3 is 5.11 Å². The van der Waals surface area contributed by atoms with E-state index in [1.54, 1.807) is 19.1 Å². The maximum Gasteiger partial charge on any atom is 0.149 e. The molecule has 1 nitrogen and oxygen atoms in total. The zero-order valence-electron chi connectivity index (χ0n) is 9.92. The van der Waals surface area contributed by atoms with Gasteiger partial charge in [-0.3, -0.25) is 0 Å². The first-order valence-electron chi connectivity index (χ1n) is 5.50. The molecule has 0 saturated heterocycles. The predicted molar refractivity (Wildman–Crippen MR) is 74.3 cm³/mol. The van der Waals surface area contributed by atoms with Crippen LogP contribution < -0.4 is 0 Å². The third-order valence-electron chi connectivity index (χ3n) is 2.88. The van der Waals surface area contributed by atoms with E-state index in [1.807, 2.05) is 0 Å². The van der Waals surface area contributed by atoms with Crippen LogP contribution in [0.25, 0.3) is 0 Å². The molecule has 0 heterocycles. The van der Waals surface area contributed by atoms with E-state index in [1.165, 1.54) is 18.2 Å². The number of aliphatic hydroxyl groups is 1. The molecule has 100 valence electrons. The van der Waals surface area contributed by atoms with Crippen molar-refractivity contribution >= 4 is 27.5 Å². The van der Waals surface area contributed by atoms with Crippen molar-refractivity contribution < 1.29 is 13.9 Å². The van der Waals surface area contributed by atoms with Crippen LogP contribution >= 0.6 is 27.5 Å². The van der Waals surface area contributed by atoms with Gasteiger partial charge in [-0.05, 0) is 34.5 Å². The van der Waals surface area contributed by atoms with Gasteiger partial charge in [0, 0.05) is 15.6 Å². The molecule has 2 rings (SSSR count). The summed E-state index contributed by atoms with van der Waals surface area (Å²) in [5.74, 6) is -1.31. The predicted octanol–water partition coefficient (Wildman–Crippen LogP) is 4.77. The van der Waals surface area contributed by atoms with Crippen LogP contribution in [0.3, 0.4) is 0 Å². The van der Waals surface area contributed by atoms with Gasteiger partial charge in [0.1, 0.15) is 17.7 Å². The molecule has 0 fully saturated rings. The van der Waals surface area contributed by atoms with Crippen LogP contribution in [0.15, 0.2) is 34.8 Å². The molecular formula is C14H10BrClF2O. The molecule has 1 N–H and O–H groups in total. The van der Waals surface area contributed by atoms with Gasteiger partial charge in [0.15, 0.2) is 0 Å². The van der Waals surface area contributed by atoms with Crippen molar-refractivity contribution in [3.8, 4) is 0 Å². The summed E-state index contributed by atoms with van der Waals surface area (Å²) in [5.41, 5.74) is 0.357. The van der Waals surface area contributed by atoms with Gasteiger partial charge >= 0.3 is 0 Å². The van der Waals surface area contributed by atoms with E-state index in [9.17, 15) is 13.9 Å². The summed E-state index contributed by atoms with van der Waals surface area (Å²) in [6.45, 7) is 1.58. The number of hydrogen-bond acceptors (Lipinski definition) is 1. The summed E-state index contributed by atoms with van der Waals surface area (Å²) in [6.07, 6.45) is -1.40. The van der Waals surface area contributed by atoms with Gasteiger partial charge in [-0.25, -0.2) is 8.78 Å². The second-order valence-electron chi connectivity index (χ2n) is 4.15. The standard InChI is InChI=1S/C14H10BrClF2O/c1-7-3-2-4-8(12(7)17)14(19)9-5-6-10(15)11(16)13(9)18/h2-6,14,19H,1H3. The molecular weight excluding hydrogens is 338 g/mol. The third-order valence-corrected chi connectivity index (χ3v) is 4.13. The van der Waals surface area contributed by atoms with E-state index < -0.39 is 17.7 Å². The first-order chi connectivity index (χ1) is 8.93. The molecule has 0 radical (unpaired) electrons. The summed E-state index contributed by atoms with van der Waals surface area (Å²) in [5, 5.41) is 10.0. The lowest BCUT2D eigenvalue weighted by molar-refractivity contribution is 0.209. The van der Waals surface area contributed by atoms with Crippen molar-refractivity contribution in [1.29, 1.82) is 0 Å². The number of rotatable bonds is 2. The number of halogens is 4. The minimum atomic E-state index is -1.40. The lowest BCUT2D eigenvalue weighted by atomic mass is 9.99. The summed E-state index contributed by atoms with van der Waals surface area (Å²) < 4.78 is 28.3. The largest absolute Gasteiger partial charge is 0.383 e. The number of aryl methyl sites for hydroxylation is 1. The molecule has 0 aromatic heterocycles. The topological polar surface area (TPSA) is 20.2 Å².